The van der Waals surface area contributed by atoms with Crippen LogP contribution in [0.25, 0.3) is 16.9 Å². The molecule has 2 heterocycles. The molecule has 0 unspecified atom stereocenters. The number of ether oxygens (including phenoxy) is 1. The Hall–Kier alpha value is -4.40. The van der Waals surface area contributed by atoms with Gasteiger partial charge in [-0.25, -0.2) is 9.48 Å². The number of anilines is 1. The first-order valence-corrected chi connectivity index (χ1v) is 9.71. The van der Waals surface area contributed by atoms with Gasteiger partial charge < -0.3 is 14.4 Å². The van der Waals surface area contributed by atoms with Crippen LogP contribution < -0.4 is 10.1 Å². The van der Waals surface area contributed by atoms with Gasteiger partial charge >= 0.3 is 5.97 Å². The largest absolute Gasteiger partial charge is 0.497 e. The lowest BCUT2D eigenvalue weighted by molar-refractivity contribution is 0.0698. The molecular weight excluding hydrogens is 412 g/mol. The Balaban J connectivity index is 1.72. The van der Waals surface area contributed by atoms with Crippen molar-refractivity contribution in [2.45, 2.75) is 13.8 Å². The third-order valence-corrected chi connectivity index (χ3v) is 5.01. The first-order valence-electron chi connectivity index (χ1n) is 9.71. The molecule has 0 atom stereocenters. The smallest absolute Gasteiger partial charge is 0.343 e. The van der Waals surface area contributed by atoms with E-state index in [1.54, 1.807) is 35.9 Å². The zero-order valence-corrected chi connectivity index (χ0v) is 17.6. The molecular formula is C23H20N4O5. The predicted octanol–water partition coefficient (Wildman–Crippen LogP) is 4.10. The number of aryl methyl sites for hydroxylation is 1. The van der Waals surface area contributed by atoms with Crippen LogP contribution in [-0.2, 0) is 0 Å². The number of hydrogen-bond donors (Lipinski definition) is 2. The Morgan fingerprint density at radius 3 is 2.38 bits per heavy atom. The number of rotatable bonds is 6. The molecule has 0 saturated heterocycles. The number of aromatic carboxylic acids is 1. The minimum absolute atomic E-state index is 0.0970. The third kappa shape index (κ3) is 3.71. The van der Waals surface area contributed by atoms with Gasteiger partial charge in [0, 0.05) is 11.1 Å². The Kier molecular flexibility index (Phi) is 5.46. The van der Waals surface area contributed by atoms with Gasteiger partial charge in [0.1, 0.15) is 11.4 Å². The van der Waals surface area contributed by atoms with Crippen LogP contribution in [0.4, 0.5) is 5.88 Å². The summed E-state index contributed by atoms with van der Waals surface area (Å²) in [5.74, 6) is -1.47. The normalized spacial score (nSPS) is 10.7. The van der Waals surface area contributed by atoms with E-state index in [1.165, 1.54) is 7.11 Å². The van der Waals surface area contributed by atoms with E-state index in [-0.39, 0.29) is 17.1 Å². The molecule has 0 aliphatic carbocycles. The summed E-state index contributed by atoms with van der Waals surface area (Å²) in [6, 6.07) is 15.8. The van der Waals surface area contributed by atoms with E-state index in [0.717, 1.165) is 5.69 Å². The third-order valence-electron chi connectivity index (χ3n) is 5.01. The van der Waals surface area contributed by atoms with Crippen LogP contribution in [0.3, 0.4) is 0 Å². The Morgan fingerprint density at radius 1 is 1.06 bits per heavy atom. The number of methoxy groups -OCH3 is 1. The standard InChI is InChI=1S/C23H20N4O5/c1-13-18(14(2)27(25-13)16-7-5-4-6-8-16)20-19(23(29)30)22(32-26-20)24-21(28)15-9-11-17(31-3)12-10-15/h4-12H,1-3H3,(H,24,28)(H,29,30). The van der Waals surface area contributed by atoms with Crippen LogP contribution in [-0.4, -0.2) is 39.0 Å². The fraction of sp³-hybridized carbons (Fsp3) is 0.130. The van der Waals surface area contributed by atoms with Crippen molar-refractivity contribution in [1.82, 2.24) is 14.9 Å². The molecule has 0 aliphatic heterocycles. The van der Waals surface area contributed by atoms with Gasteiger partial charge in [0.2, 0.25) is 5.88 Å². The number of benzene rings is 2. The van der Waals surface area contributed by atoms with Crippen LogP contribution in [0.15, 0.2) is 59.1 Å². The van der Waals surface area contributed by atoms with Crippen LogP contribution >= 0.6 is 0 Å². The monoisotopic (exact) mass is 432 g/mol. The Labute approximate surface area is 183 Å². The van der Waals surface area contributed by atoms with Crippen LogP contribution in [0, 0.1) is 13.8 Å². The fourth-order valence-electron chi connectivity index (χ4n) is 3.47. The van der Waals surface area contributed by atoms with Crippen molar-refractivity contribution in [2.75, 3.05) is 12.4 Å². The Morgan fingerprint density at radius 2 is 1.75 bits per heavy atom. The molecule has 0 bridgehead atoms. The fourth-order valence-corrected chi connectivity index (χ4v) is 3.47. The van der Waals surface area contributed by atoms with E-state index in [0.29, 0.717) is 28.3 Å². The van der Waals surface area contributed by atoms with E-state index < -0.39 is 11.9 Å². The molecule has 0 saturated carbocycles. The first-order chi connectivity index (χ1) is 15.4. The maximum atomic E-state index is 12.6. The van der Waals surface area contributed by atoms with Gasteiger partial charge in [0.15, 0.2) is 5.56 Å². The molecule has 9 nitrogen and oxygen atoms in total. The highest BCUT2D eigenvalue weighted by atomic mass is 16.5. The van der Waals surface area contributed by atoms with Crippen molar-refractivity contribution >= 4 is 17.8 Å². The van der Waals surface area contributed by atoms with Gasteiger partial charge in [-0.15, -0.1) is 0 Å². The molecule has 0 aliphatic rings. The van der Waals surface area contributed by atoms with Crippen LogP contribution in [0.2, 0.25) is 0 Å². The summed E-state index contributed by atoms with van der Waals surface area (Å²) in [5, 5.41) is 20.9. The van der Waals surface area contributed by atoms with Crippen LogP contribution in [0.1, 0.15) is 32.1 Å². The second-order valence-corrected chi connectivity index (χ2v) is 7.02. The van der Waals surface area contributed by atoms with Gasteiger partial charge in [-0.05, 0) is 50.2 Å². The molecule has 1 amide bonds. The van der Waals surface area contributed by atoms with Crippen molar-refractivity contribution in [2.24, 2.45) is 0 Å². The summed E-state index contributed by atoms with van der Waals surface area (Å²) >= 11 is 0. The van der Waals surface area contributed by atoms with Crippen molar-refractivity contribution in [1.29, 1.82) is 0 Å². The lowest BCUT2D eigenvalue weighted by Gasteiger charge is -2.05. The first kappa shape index (κ1) is 20.9. The number of carboxylic acids is 1. The topological polar surface area (TPSA) is 119 Å². The molecule has 32 heavy (non-hydrogen) atoms. The summed E-state index contributed by atoms with van der Waals surface area (Å²) < 4.78 is 12.0. The zero-order chi connectivity index (χ0) is 22.8. The number of carbonyl (C=O) groups is 2. The van der Waals surface area contributed by atoms with Crippen molar-refractivity contribution < 1.29 is 24.0 Å². The minimum Gasteiger partial charge on any atom is -0.497 e. The van der Waals surface area contributed by atoms with Crippen molar-refractivity contribution in [3.63, 3.8) is 0 Å². The van der Waals surface area contributed by atoms with E-state index >= 15 is 0 Å². The molecule has 9 heteroatoms. The quantitative estimate of drug-likeness (QED) is 0.471. The molecule has 4 aromatic rings. The second-order valence-electron chi connectivity index (χ2n) is 7.02. The SMILES string of the molecule is COc1ccc(C(=O)Nc2onc(-c3c(C)nn(-c4ccccc4)c3C)c2C(=O)O)cc1. The van der Waals surface area contributed by atoms with Gasteiger partial charge in [-0.2, -0.15) is 5.10 Å². The number of carboxylic acid groups (broad SMARTS) is 1. The van der Waals surface area contributed by atoms with E-state index in [1.807, 2.05) is 37.3 Å². The highest BCUT2D eigenvalue weighted by molar-refractivity contribution is 6.08. The molecule has 2 aromatic heterocycles. The molecule has 2 aromatic carbocycles. The number of para-hydroxylation sites is 1. The molecule has 0 fully saturated rings. The van der Waals surface area contributed by atoms with Gasteiger partial charge in [-0.1, -0.05) is 23.4 Å². The molecule has 4 rings (SSSR count). The van der Waals surface area contributed by atoms with Gasteiger partial charge in [0.05, 0.1) is 24.2 Å². The lowest BCUT2D eigenvalue weighted by atomic mass is 10.1. The maximum absolute atomic E-state index is 12.6. The number of nitrogens with one attached hydrogen (secondary N) is 1. The summed E-state index contributed by atoms with van der Waals surface area (Å²) in [5.41, 5.74) is 2.79. The molecule has 2 N–H and O–H groups in total. The Bertz CT molecular complexity index is 1290. The number of amides is 1. The number of hydrogen-bond acceptors (Lipinski definition) is 6. The van der Waals surface area contributed by atoms with E-state index in [2.05, 4.69) is 15.6 Å². The lowest BCUT2D eigenvalue weighted by Crippen LogP contribution is -2.14. The van der Waals surface area contributed by atoms with Gasteiger partial charge in [-0.3, -0.25) is 10.1 Å². The number of aromatic nitrogens is 3. The molecule has 0 spiro atoms. The number of carbonyl (C=O) groups excluding carboxylic acids is 1. The summed E-state index contributed by atoms with van der Waals surface area (Å²) in [4.78, 5) is 24.7. The molecule has 0 radical (unpaired) electrons. The van der Waals surface area contributed by atoms with Crippen molar-refractivity contribution in [3.8, 4) is 22.7 Å². The average Bonchev–Trinajstić information content (AvgIpc) is 3.34. The van der Waals surface area contributed by atoms with E-state index in [4.69, 9.17) is 9.26 Å². The average molecular weight is 432 g/mol. The van der Waals surface area contributed by atoms with Gasteiger partial charge in [0.25, 0.3) is 5.91 Å². The summed E-state index contributed by atoms with van der Waals surface area (Å²) in [6.45, 7) is 3.58. The zero-order valence-electron chi connectivity index (χ0n) is 17.6. The number of nitrogens with zero attached hydrogens (tertiary/aromatic N) is 3. The van der Waals surface area contributed by atoms with E-state index in [9.17, 15) is 14.7 Å². The van der Waals surface area contributed by atoms with Crippen molar-refractivity contribution in [3.05, 3.63) is 77.1 Å². The second kappa shape index (κ2) is 8.38. The highest BCUT2D eigenvalue weighted by Crippen LogP contribution is 2.34. The minimum atomic E-state index is -1.28. The maximum Gasteiger partial charge on any atom is 0.343 e. The van der Waals surface area contributed by atoms with Crippen LogP contribution in [0.5, 0.6) is 5.75 Å². The summed E-state index contributed by atoms with van der Waals surface area (Å²) in [6.07, 6.45) is 0. The predicted molar refractivity (Wildman–Crippen MR) is 116 cm³/mol. The highest BCUT2D eigenvalue weighted by Gasteiger charge is 2.29. The molecule has 162 valence electrons. The summed E-state index contributed by atoms with van der Waals surface area (Å²) in [7, 11) is 1.52.